The number of carbonyl (C=O) groups is 2. The van der Waals surface area contributed by atoms with Crippen LogP contribution in [-0.4, -0.2) is 47.8 Å². The Bertz CT molecular complexity index is 348. The van der Waals surface area contributed by atoms with Gasteiger partial charge >= 0.3 is 0 Å². The smallest absolute Gasteiger partial charge is 0.226 e. The molecule has 3 rings (SSSR count). The van der Waals surface area contributed by atoms with Crippen LogP contribution < -0.4 is 0 Å². The molecule has 1 saturated carbocycles. The van der Waals surface area contributed by atoms with Gasteiger partial charge < -0.3 is 9.80 Å². The van der Waals surface area contributed by atoms with E-state index in [0.29, 0.717) is 0 Å². The maximum Gasteiger partial charge on any atom is 0.226 e. The van der Waals surface area contributed by atoms with Gasteiger partial charge in [0.05, 0.1) is 0 Å². The van der Waals surface area contributed by atoms with Gasteiger partial charge in [-0.05, 0) is 51.4 Å². The van der Waals surface area contributed by atoms with E-state index >= 15 is 0 Å². The number of hydrogen-bond acceptors (Lipinski definition) is 2. The van der Waals surface area contributed by atoms with Crippen LogP contribution in [0.15, 0.2) is 0 Å². The molecule has 4 heteroatoms. The van der Waals surface area contributed by atoms with Crippen LogP contribution in [0.1, 0.15) is 57.8 Å². The summed E-state index contributed by atoms with van der Waals surface area (Å²) in [6, 6.07) is 0. The van der Waals surface area contributed by atoms with Crippen LogP contribution in [0.25, 0.3) is 0 Å². The van der Waals surface area contributed by atoms with E-state index in [9.17, 15) is 9.59 Å². The average molecular weight is 292 g/mol. The summed E-state index contributed by atoms with van der Waals surface area (Å²) in [5, 5.41) is 0. The molecule has 118 valence electrons. The minimum Gasteiger partial charge on any atom is -0.342 e. The maximum absolute atomic E-state index is 12.8. The van der Waals surface area contributed by atoms with Crippen molar-refractivity contribution in [2.45, 2.75) is 57.8 Å². The number of rotatable bonds is 2. The van der Waals surface area contributed by atoms with Crippen LogP contribution >= 0.6 is 0 Å². The number of nitrogens with zero attached hydrogens (tertiary/aromatic N) is 2. The Morgan fingerprint density at radius 2 is 0.952 bits per heavy atom. The van der Waals surface area contributed by atoms with E-state index in [-0.39, 0.29) is 23.7 Å². The molecule has 0 N–H and O–H groups in total. The first kappa shape index (κ1) is 14.9. The lowest BCUT2D eigenvalue weighted by Crippen LogP contribution is -2.46. The Morgan fingerprint density at radius 3 is 1.33 bits per heavy atom. The van der Waals surface area contributed by atoms with Crippen molar-refractivity contribution in [3.05, 3.63) is 0 Å². The molecule has 4 nitrogen and oxygen atoms in total. The standard InChI is InChI=1S/C17H28N2O2/c20-16(18-10-3-1-4-11-18)14-8-7-9-15(14)17(21)19-12-5-2-6-13-19/h14-15H,1-13H2. The summed E-state index contributed by atoms with van der Waals surface area (Å²) in [5.41, 5.74) is 0. The topological polar surface area (TPSA) is 40.6 Å². The van der Waals surface area contributed by atoms with Gasteiger partial charge in [0.25, 0.3) is 0 Å². The zero-order valence-corrected chi connectivity index (χ0v) is 13.1. The van der Waals surface area contributed by atoms with Crippen molar-refractivity contribution in [1.29, 1.82) is 0 Å². The van der Waals surface area contributed by atoms with Gasteiger partial charge in [-0.15, -0.1) is 0 Å². The van der Waals surface area contributed by atoms with Gasteiger partial charge in [0.2, 0.25) is 11.8 Å². The molecule has 3 aliphatic rings. The normalized spacial score (nSPS) is 30.5. The van der Waals surface area contributed by atoms with Crippen molar-refractivity contribution in [3.8, 4) is 0 Å². The van der Waals surface area contributed by atoms with Crippen LogP contribution in [-0.2, 0) is 9.59 Å². The third kappa shape index (κ3) is 3.24. The summed E-state index contributed by atoms with van der Waals surface area (Å²) >= 11 is 0. The second kappa shape index (κ2) is 6.80. The molecule has 2 amide bonds. The van der Waals surface area contributed by atoms with E-state index in [1.54, 1.807) is 0 Å². The van der Waals surface area contributed by atoms with Crippen molar-refractivity contribution < 1.29 is 9.59 Å². The van der Waals surface area contributed by atoms with Gasteiger partial charge in [-0.2, -0.15) is 0 Å². The summed E-state index contributed by atoms with van der Waals surface area (Å²) in [7, 11) is 0. The first-order valence-corrected chi connectivity index (χ1v) is 8.85. The first-order valence-electron chi connectivity index (χ1n) is 8.85. The largest absolute Gasteiger partial charge is 0.342 e. The van der Waals surface area contributed by atoms with Gasteiger partial charge in [-0.1, -0.05) is 6.42 Å². The second-order valence-electron chi connectivity index (χ2n) is 6.92. The van der Waals surface area contributed by atoms with Crippen molar-refractivity contribution in [1.82, 2.24) is 9.80 Å². The molecule has 1 aliphatic carbocycles. The zero-order valence-electron chi connectivity index (χ0n) is 13.1. The van der Waals surface area contributed by atoms with Crippen LogP contribution in [0, 0.1) is 11.8 Å². The minimum absolute atomic E-state index is 0.0301. The molecule has 0 radical (unpaired) electrons. The molecule has 0 aromatic rings. The molecular formula is C17H28N2O2. The number of hydrogen-bond donors (Lipinski definition) is 0. The molecule has 0 spiro atoms. The highest BCUT2D eigenvalue weighted by Crippen LogP contribution is 2.35. The highest BCUT2D eigenvalue weighted by atomic mass is 16.2. The lowest BCUT2D eigenvalue weighted by atomic mass is 9.91. The van der Waals surface area contributed by atoms with Crippen LogP contribution in [0.4, 0.5) is 0 Å². The number of carbonyl (C=O) groups excluding carboxylic acids is 2. The van der Waals surface area contributed by atoms with Crippen molar-refractivity contribution in [2.75, 3.05) is 26.2 Å². The molecule has 2 heterocycles. The maximum atomic E-state index is 12.8. The fourth-order valence-electron chi connectivity index (χ4n) is 4.25. The Morgan fingerprint density at radius 1 is 0.571 bits per heavy atom. The van der Waals surface area contributed by atoms with Gasteiger partial charge in [0, 0.05) is 38.0 Å². The molecule has 0 bridgehead atoms. The average Bonchev–Trinajstić information content (AvgIpc) is 3.04. The summed E-state index contributed by atoms with van der Waals surface area (Å²) in [4.78, 5) is 29.6. The lowest BCUT2D eigenvalue weighted by Gasteiger charge is -2.34. The number of piperidine rings is 2. The third-order valence-corrected chi connectivity index (χ3v) is 5.49. The predicted molar refractivity (Wildman–Crippen MR) is 81.7 cm³/mol. The van der Waals surface area contributed by atoms with Gasteiger partial charge in [0.15, 0.2) is 0 Å². The minimum atomic E-state index is -0.0301. The summed E-state index contributed by atoms with van der Waals surface area (Å²) in [5.74, 6) is 0.472. The van der Waals surface area contributed by atoms with E-state index < -0.39 is 0 Å². The molecule has 2 saturated heterocycles. The molecule has 0 aromatic carbocycles. The zero-order chi connectivity index (χ0) is 14.7. The second-order valence-corrected chi connectivity index (χ2v) is 6.92. The Balaban J connectivity index is 1.63. The number of likely N-dealkylation sites (tertiary alicyclic amines) is 2. The van der Waals surface area contributed by atoms with Crippen molar-refractivity contribution in [3.63, 3.8) is 0 Å². The third-order valence-electron chi connectivity index (χ3n) is 5.49. The van der Waals surface area contributed by atoms with Crippen molar-refractivity contribution >= 4 is 11.8 Å². The van der Waals surface area contributed by atoms with Gasteiger partial charge in [-0.25, -0.2) is 0 Å². The fraction of sp³-hybridized carbons (Fsp3) is 0.882. The van der Waals surface area contributed by atoms with Crippen LogP contribution in [0.2, 0.25) is 0 Å². The SMILES string of the molecule is O=C(C1CCCC1C(=O)N1CCCCC1)N1CCCCC1. The van der Waals surface area contributed by atoms with E-state index in [0.717, 1.165) is 71.1 Å². The molecule has 2 atom stereocenters. The Kier molecular flexibility index (Phi) is 4.81. The van der Waals surface area contributed by atoms with E-state index in [4.69, 9.17) is 0 Å². The van der Waals surface area contributed by atoms with Gasteiger partial charge in [-0.3, -0.25) is 9.59 Å². The van der Waals surface area contributed by atoms with E-state index in [2.05, 4.69) is 0 Å². The highest BCUT2D eigenvalue weighted by molar-refractivity contribution is 5.88. The van der Waals surface area contributed by atoms with Crippen LogP contribution in [0.3, 0.4) is 0 Å². The molecule has 3 fully saturated rings. The summed E-state index contributed by atoms with van der Waals surface area (Å²) in [6.45, 7) is 3.61. The van der Waals surface area contributed by atoms with E-state index in [1.807, 2.05) is 9.80 Å². The Labute approximate surface area is 127 Å². The quantitative estimate of drug-likeness (QED) is 0.784. The fourth-order valence-corrected chi connectivity index (χ4v) is 4.25. The monoisotopic (exact) mass is 292 g/mol. The van der Waals surface area contributed by atoms with Crippen LogP contribution in [0.5, 0.6) is 0 Å². The first-order chi connectivity index (χ1) is 10.3. The predicted octanol–water partition coefficient (Wildman–Crippen LogP) is 2.43. The number of amides is 2. The summed E-state index contributed by atoms with van der Waals surface area (Å²) < 4.78 is 0. The molecular weight excluding hydrogens is 264 g/mol. The summed E-state index contributed by atoms with van der Waals surface area (Å²) in [6.07, 6.45) is 9.86. The lowest BCUT2D eigenvalue weighted by molar-refractivity contribution is -0.146. The van der Waals surface area contributed by atoms with E-state index in [1.165, 1.54) is 12.8 Å². The molecule has 2 aliphatic heterocycles. The Hall–Kier alpha value is -1.06. The van der Waals surface area contributed by atoms with Gasteiger partial charge in [0.1, 0.15) is 0 Å². The molecule has 2 unspecified atom stereocenters. The van der Waals surface area contributed by atoms with Crippen molar-refractivity contribution in [2.24, 2.45) is 11.8 Å². The molecule has 0 aromatic heterocycles. The molecule has 21 heavy (non-hydrogen) atoms. The highest BCUT2D eigenvalue weighted by Gasteiger charge is 2.41.